The van der Waals surface area contributed by atoms with Crippen molar-refractivity contribution >= 4 is 15.9 Å². The molecule has 2 aromatic rings. The van der Waals surface area contributed by atoms with Gasteiger partial charge in [-0.25, -0.2) is 8.42 Å². The Balaban J connectivity index is 1.44. The fourth-order valence-corrected chi connectivity index (χ4v) is 5.93. The highest BCUT2D eigenvalue weighted by Gasteiger charge is 2.37. The van der Waals surface area contributed by atoms with Gasteiger partial charge in [-0.2, -0.15) is 9.40 Å². The molecule has 0 N–H and O–H groups in total. The SMILES string of the molecule is Cc1nn(C(C)C)c(C)c1S(=O)(=O)N1CCN(C(=O)[C@H]2COc3ccccc3O2)CC1. The van der Waals surface area contributed by atoms with Gasteiger partial charge < -0.3 is 14.4 Å². The number of hydrogen-bond donors (Lipinski definition) is 0. The van der Waals surface area contributed by atoms with Crippen LogP contribution in [-0.4, -0.2) is 72.2 Å². The summed E-state index contributed by atoms with van der Waals surface area (Å²) in [5.74, 6) is 0.975. The molecule has 1 aromatic heterocycles. The summed E-state index contributed by atoms with van der Waals surface area (Å²) in [5, 5.41) is 4.41. The van der Waals surface area contributed by atoms with Crippen LogP contribution in [0.3, 0.4) is 0 Å². The Morgan fingerprint density at radius 3 is 2.35 bits per heavy atom. The first-order valence-corrected chi connectivity index (χ1v) is 11.9. The lowest BCUT2D eigenvalue weighted by Crippen LogP contribution is -2.55. The number of carbonyl (C=O) groups is 1. The van der Waals surface area contributed by atoms with Crippen molar-refractivity contribution in [3.05, 3.63) is 35.7 Å². The molecule has 0 unspecified atom stereocenters. The van der Waals surface area contributed by atoms with Crippen molar-refractivity contribution < 1.29 is 22.7 Å². The lowest BCUT2D eigenvalue weighted by molar-refractivity contribution is -0.142. The normalized spacial score (nSPS) is 19.6. The molecule has 2 aliphatic rings. The first kappa shape index (κ1) is 21.6. The van der Waals surface area contributed by atoms with Crippen LogP contribution >= 0.6 is 0 Å². The largest absolute Gasteiger partial charge is 0.485 e. The minimum absolute atomic E-state index is 0.0694. The summed E-state index contributed by atoms with van der Waals surface area (Å²) < 4.78 is 41.2. The lowest BCUT2D eigenvalue weighted by atomic mass is 10.2. The Bertz CT molecular complexity index is 1090. The number of piperazine rings is 1. The number of rotatable bonds is 4. The van der Waals surface area contributed by atoms with Crippen molar-refractivity contribution in [3.63, 3.8) is 0 Å². The molecule has 31 heavy (non-hydrogen) atoms. The van der Waals surface area contributed by atoms with E-state index < -0.39 is 16.1 Å². The van der Waals surface area contributed by atoms with Crippen molar-refractivity contribution in [1.29, 1.82) is 0 Å². The van der Waals surface area contributed by atoms with E-state index in [0.717, 1.165) is 0 Å². The fourth-order valence-electron chi connectivity index (χ4n) is 4.15. The molecule has 10 heteroatoms. The van der Waals surface area contributed by atoms with Crippen molar-refractivity contribution in [2.24, 2.45) is 0 Å². The van der Waals surface area contributed by atoms with Crippen molar-refractivity contribution in [1.82, 2.24) is 19.0 Å². The van der Waals surface area contributed by atoms with Gasteiger partial charge in [-0.1, -0.05) is 12.1 Å². The Morgan fingerprint density at radius 1 is 1.10 bits per heavy atom. The monoisotopic (exact) mass is 448 g/mol. The molecule has 4 rings (SSSR count). The van der Waals surface area contributed by atoms with E-state index in [1.54, 1.807) is 35.6 Å². The van der Waals surface area contributed by atoms with Crippen LogP contribution in [-0.2, 0) is 14.8 Å². The molecule has 3 heterocycles. The van der Waals surface area contributed by atoms with E-state index in [1.165, 1.54) is 4.31 Å². The van der Waals surface area contributed by atoms with Gasteiger partial charge in [0.1, 0.15) is 11.5 Å². The molecule has 1 saturated heterocycles. The highest BCUT2D eigenvalue weighted by Crippen LogP contribution is 2.31. The predicted molar refractivity (Wildman–Crippen MR) is 114 cm³/mol. The fraction of sp³-hybridized carbons (Fsp3) is 0.524. The summed E-state index contributed by atoms with van der Waals surface area (Å²) in [5.41, 5.74) is 1.13. The predicted octanol–water partition coefficient (Wildman–Crippen LogP) is 1.75. The Morgan fingerprint density at radius 2 is 1.74 bits per heavy atom. The van der Waals surface area contributed by atoms with E-state index in [9.17, 15) is 13.2 Å². The molecule has 1 amide bonds. The molecule has 0 spiro atoms. The second-order valence-electron chi connectivity index (χ2n) is 8.13. The average Bonchev–Trinajstić information content (AvgIpc) is 3.07. The van der Waals surface area contributed by atoms with E-state index in [0.29, 0.717) is 36.0 Å². The zero-order chi connectivity index (χ0) is 22.3. The van der Waals surface area contributed by atoms with Crippen LogP contribution in [0.25, 0.3) is 0 Å². The van der Waals surface area contributed by atoms with Crippen LogP contribution in [0.4, 0.5) is 0 Å². The van der Waals surface area contributed by atoms with Crippen molar-refractivity contribution in [2.75, 3.05) is 32.8 Å². The number of sulfonamides is 1. The number of amides is 1. The summed E-state index contributed by atoms with van der Waals surface area (Å²) in [6.45, 7) is 8.63. The quantitative estimate of drug-likeness (QED) is 0.708. The molecular weight excluding hydrogens is 420 g/mol. The number of para-hydroxylation sites is 2. The maximum absolute atomic E-state index is 13.3. The maximum Gasteiger partial charge on any atom is 0.267 e. The molecule has 168 valence electrons. The first-order valence-electron chi connectivity index (χ1n) is 10.4. The van der Waals surface area contributed by atoms with Crippen LogP contribution in [0.2, 0.25) is 0 Å². The van der Waals surface area contributed by atoms with Crippen LogP contribution in [0, 0.1) is 13.8 Å². The van der Waals surface area contributed by atoms with E-state index in [1.807, 2.05) is 26.0 Å². The van der Waals surface area contributed by atoms with Gasteiger partial charge in [0.15, 0.2) is 11.5 Å². The molecule has 1 fully saturated rings. The van der Waals surface area contributed by atoms with Gasteiger partial charge in [0.2, 0.25) is 16.1 Å². The molecule has 0 aliphatic carbocycles. The Labute approximate surface area is 182 Å². The summed E-state index contributed by atoms with van der Waals surface area (Å²) >= 11 is 0. The molecule has 1 atom stereocenters. The number of aryl methyl sites for hydroxylation is 1. The molecule has 2 aliphatic heterocycles. The zero-order valence-electron chi connectivity index (χ0n) is 18.2. The number of ether oxygens (including phenoxy) is 2. The summed E-state index contributed by atoms with van der Waals surface area (Å²) in [7, 11) is -3.69. The van der Waals surface area contributed by atoms with Gasteiger partial charge in [0.25, 0.3) is 5.91 Å². The standard InChI is InChI=1S/C21H28N4O5S/c1-14(2)25-16(4)20(15(3)22-25)31(27,28)24-11-9-23(10-12-24)21(26)19-13-29-17-7-5-6-8-18(17)30-19/h5-8,14,19H,9-13H2,1-4H3/t19-/m1/s1. The maximum atomic E-state index is 13.3. The molecule has 0 saturated carbocycles. The molecule has 0 radical (unpaired) electrons. The Kier molecular flexibility index (Phi) is 5.69. The van der Waals surface area contributed by atoms with Crippen molar-refractivity contribution in [3.8, 4) is 11.5 Å². The number of hydrogen-bond acceptors (Lipinski definition) is 6. The minimum atomic E-state index is -3.69. The van der Waals surface area contributed by atoms with Gasteiger partial charge in [-0.3, -0.25) is 9.48 Å². The molecule has 9 nitrogen and oxygen atoms in total. The third kappa shape index (κ3) is 3.89. The van der Waals surface area contributed by atoms with Crippen molar-refractivity contribution in [2.45, 2.75) is 44.7 Å². The first-order chi connectivity index (χ1) is 14.7. The summed E-state index contributed by atoms with van der Waals surface area (Å²) in [4.78, 5) is 14.8. The van der Waals surface area contributed by atoms with E-state index >= 15 is 0 Å². The number of nitrogens with zero attached hydrogens (tertiary/aromatic N) is 4. The second-order valence-corrected chi connectivity index (χ2v) is 10.0. The number of benzene rings is 1. The highest BCUT2D eigenvalue weighted by molar-refractivity contribution is 7.89. The summed E-state index contributed by atoms with van der Waals surface area (Å²) in [6.07, 6.45) is -0.730. The lowest BCUT2D eigenvalue weighted by Gasteiger charge is -2.36. The van der Waals surface area contributed by atoms with Gasteiger partial charge in [0, 0.05) is 32.2 Å². The van der Waals surface area contributed by atoms with E-state index in [2.05, 4.69) is 5.10 Å². The van der Waals surface area contributed by atoms with E-state index in [-0.39, 0.29) is 36.5 Å². The smallest absolute Gasteiger partial charge is 0.267 e. The Hall–Kier alpha value is -2.59. The van der Waals surface area contributed by atoms with Crippen LogP contribution in [0.1, 0.15) is 31.3 Å². The topological polar surface area (TPSA) is 94.0 Å². The number of fused-ring (bicyclic) bond motifs is 1. The average molecular weight is 449 g/mol. The van der Waals surface area contributed by atoms with Gasteiger partial charge in [-0.05, 0) is 39.8 Å². The second kappa shape index (κ2) is 8.16. The third-order valence-corrected chi connectivity index (χ3v) is 7.83. The van der Waals surface area contributed by atoms with Gasteiger partial charge in [0.05, 0.1) is 11.4 Å². The molecule has 0 bridgehead atoms. The van der Waals surface area contributed by atoms with E-state index in [4.69, 9.17) is 9.47 Å². The molecule has 1 aromatic carbocycles. The van der Waals surface area contributed by atoms with Gasteiger partial charge >= 0.3 is 0 Å². The highest BCUT2D eigenvalue weighted by atomic mass is 32.2. The molecular formula is C21H28N4O5S. The summed E-state index contributed by atoms with van der Waals surface area (Å²) in [6, 6.07) is 7.30. The zero-order valence-corrected chi connectivity index (χ0v) is 19.1. The number of aromatic nitrogens is 2. The van der Waals surface area contributed by atoms with Gasteiger partial charge in [-0.15, -0.1) is 0 Å². The van der Waals surface area contributed by atoms with Crippen LogP contribution in [0.15, 0.2) is 29.2 Å². The minimum Gasteiger partial charge on any atom is -0.485 e. The third-order valence-electron chi connectivity index (χ3n) is 5.68. The number of carbonyl (C=O) groups excluding carboxylic acids is 1. The van der Waals surface area contributed by atoms with Crippen LogP contribution < -0.4 is 9.47 Å². The van der Waals surface area contributed by atoms with Crippen LogP contribution in [0.5, 0.6) is 11.5 Å².